The summed E-state index contributed by atoms with van der Waals surface area (Å²) in [5.41, 5.74) is 1.18. The normalized spacial score (nSPS) is 21.1. The zero-order valence-corrected chi connectivity index (χ0v) is 12.2. The number of aliphatic hydroxyl groups is 1. The van der Waals surface area contributed by atoms with Gasteiger partial charge in [-0.25, -0.2) is 0 Å². The van der Waals surface area contributed by atoms with Crippen molar-refractivity contribution < 1.29 is 9.90 Å². The fourth-order valence-electron chi connectivity index (χ4n) is 2.77. The van der Waals surface area contributed by atoms with Crippen LogP contribution in [0.25, 0.3) is 0 Å². The van der Waals surface area contributed by atoms with Gasteiger partial charge in [-0.15, -0.1) is 11.8 Å². The molecular weight excluding hydrogens is 258 g/mol. The van der Waals surface area contributed by atoms with Gasteiger partial charge in [0.05, 0.1) is 13.1 Å². The molecule has 1 amide bonds. The van der Waals surface area contributed by atoms with Gasteiger partial charge in [-0.1, -0.05) is 6.07 Å². The predicted molar refractivity (Wildman–Crippen MR) is 76.5 cm³/mol. The van der Waals surface area contributed by atoms with Crippen LogP contribution in [0.15, 0.2) is 23.1 Å². The van der Waals surface area contributed by atoms with Gasteiger partial charge in [-0.3, -0.25) is 4.79 Å². The van der Waals surface area contributed by atoms with Crippen LogP contribution in [0.1, 0.15) is 28.8 Å². The molecule has 3 nitrogen and oxygen atoms in total. The molecule has 0 spiro atoms. The molecule has 1 saturated carbocycles. The van der Waals surface area contributed by atoms with Gasteiger partial charge in [0.2, 0.25) is 0 Å². The van der Waals surface area contributed by atoms with E-state index in [9.17, 15) is 9.90 Å². The van der Waals surface area contributed by atoms with Crippen LogP contribution in [0.4, 0.5) is 0 Å². The second kappa shape index (κ2) is 4.53. The first-order valence-electron chi connectivity index (χ1n) is 6.70. The minimum atomic E-state index is -0.597. The third kappa shape index (κ3) is 2.28. The molecule has 19 heavy (non-hydrogen) atoms. The zero-order chi connectivity index (χ0) is 13.6. The highest BCUT2D eigenvalue weighted by Gasteiger charge is 2.53. The Hall–Kier alpha value is -1.00. The summed E-state index contributed by atoms with van der Waals surface area (Å²) in [6.07, 6.45) is 4.23. The van der Waals surface area contributed by atoms with E-state index < -0.39 is 5.60 Å². The minimum Gasteiger partial charge on any atom is -0.386 e. The van der Waals surface area contributed by atoms with Crippen LogP contribution < -0.4 is 0 Å². The molecule has 0 atom stereocenters. The molecule has 1 aromatic carbocycles. The van der Waals surface area contributed by atoms with Crippen molar-refractivity contribution in [3.63, 3.8) is 0 Å². The predicted octanol–water partition coefficient (Wildman–Crippen LogP) is 2.31. The summed E-state index contributed by atoms with van der Waals surface area (Å²) in [6.45, 7) is 2.96. The van der Waals surface area contributed by atoms with Crippen molar-refractivity contribution in [3.05, 3.63) is 29.3 Å². The van der Waals surface area contributed by atoms with E-state index in [1.807, 2.05) is 31.4 Å². The number of β-amino-alcohol motifs (C(OH)–C–C–N with tert-alkyl or cyclic N) is 1. The number of carbonyl (C=O) groups is 1. The molecule has 1 aliphatic carbocycles. The number of carbonyl (C=O) groups excluding carboxylic acids is 1. The van der Waals surface area contributed by atoms with Crippen LogP contribution in [0, 0.1) is 12.8 Å². The summed E-state index contributed by atoms with van der Waals surface area (Å²) in [4.78, 5) is 15.3. The van der Waals surface area contributed by atoms with Gasteiger partial charge in [0.15, 0.2) is 0 Å². The second-order valence-electron chi connectivity index (χ2n) is 5.72. The Morgan fingerprint density at radius 2 is 2.11 bits per heavy atom. The number of hydrogen-bond acceptors (Lipinski definition) is 3. The van der Waals surface area contributed by atoms with Gasteiger partial charge in [0.1, 0.15) is 5.60 Å². The van der Waals surface area contributed by atoms with Gasteiger partial charge < -0.3 is 10.0 Å². The average molecular weight is 277 g/mol. The van der Waals surface area contributed by atoms with Gasteiger partial charge in [-0.2, -0.15) is 0 Å². The molecule has 0 bridgehead atoms. The van der Waals surface area contributed by atoms with Crippen LogP contribution in [-0.2, 0) is 0 Å². The molecular formula is C15H19NO2S. The number of thioether (sulfide) groups is 1. The van der Waals surface area contributed by atoms with Gasteiger partial charge in [0.25, 0.3) is 5.91 Å². The van der Waals surface area contributed by atoms with Crippen LogP contribution >= 0.6 is 11.8 Å². The summed E-state index contributed by atoms with van der Waals surface area (Å²) in [7, 11) is 0. The number of aryl methyl sites for hydroxylation is 1. The Balaban J connectivity index is 1.74. The number of likely N-dealkylation sites (tertiary alicyclic amines) is 1. The molecule has 0 radical (unpaired) electrons. The van der Waals surface area contributed by atoms with Crippen LogP contribution in [0.3, 0.4) is 0 Å². The molecule has 1 aromatic rings. The van der Waals surface area contributed by atoms with Gasteiger partial charge in [0, 0.05) is 10.5 Å². The average Bonchev–Trinajstić information content (AvgIpc) is 3.19. The summed E-state index contributed by atoms with van der Waals surface area (Å²) >= 11 is 1.64. The topological polar surface area (TPSA) is 40.5 Å². The molecule has 102 valence electrons. The van der Waals surface area contributed by atoms with Gasteiger partial charge in [-0.05, 0) is 49.6 Å². The number of rotatable bonds is 3. The molecule has 1 heterocycles. The van der Waals surface area contributed by atoms with E-state index in [1.165, 1.54) is 0 Å². The maximum absolute atomic E-state index is 12.5. The summed E-state index contributed by atoms with van der Waals surface area (Å²) in [5, 5.41) is 10.3. The third-order valence-electron chi connectivity index (χ3n) is 4.23. The largest absolute Gasteiger partial charge is 0.386 e. The van der Waals surface area contributed by atoms with Crippen molar-refractivity contribution in [2.45, 2.75) is 30.3 Å². The SMILES string of the molecule is CSc1ccc(C)c(C(=O)N2CC(O)(C3CC3)C2)c1. The summed E-state index contributed by atoms with van der Waals surface area (Å²) < 4.78 is 0. The Morgan fingerprint density at radius 1 is 1.42 bits per heavy atom. The highest BCUT2D eigenvalue weighted by Crippen LogP contribution is 2.44. The highest BCUT2D eigenvalue weighted by molar-refractivity contribution is 7.98. The molecule has 2 fully saturated rings. The van der Waals surface area contributed by atoms with Crippen LogP contribution in [0.5, 0.6) is 0 Å². The first-order valence-corrected chi connectivity index (χ1v) is 7.92. The van der Waals surface area contributed by atoms with E-state index in [2.05, 4.69) is 0 Å². The fraction of sp³-hybridized carbons (Fsp3) is 0.533. The lowest BCUT2D eigenvalue weighted by molar-refractivity contribution is -0.0958. The van der Waals surface area contributed by atoms with Crippen molar-refractivity contribution >= 4 is 17.7 Å². The zero-order valence-electron chi connectivity index (χ0n) is 11.3. The van der Waals surface area contributed by atoms with Crippen molar-refractivity contribution in [1.29, 1.82) is 0 Å². The summed E-state index contributed by atoms with van der Waals surface area (Å²) in [5.74, 6) is 0.480. The Kier molecular flexibility index (Phi) is 3.10. The number of amides is 1. The molecule has 3 rings (SSSR count). The molecule has 0 unspecified atom stereocenters. The number of hydrogen-bond donors (Lipinski definition) is 1. The Morgan fingerprint density at radius 3 is 2.68 bits per heavy atom. The first-order chi connectivity index (χ1) is 9.03. The van der Waals surface area contributed by atoms with E-state index in [0.29, 0.717) is 19.0 Å². The van der Waals surface area contributed by atoms with Crippen LogP contribution in [0.2, 0.25) is 0 Å². The molecule has 2 aliphatic rings. The van der Waals surface area contributed by atoms with Crippen molar-refractivity contribution in [1.82, 2.24) is 4.90 Å². The van der Waals surface area contributed by atoms with Gasteiger partial charge >= 0.3 is 0 Å². The highest BCUT2D eigenvalue weighted by atomic mass is 32.2. The number of benzene rings is 1. The Bertz CT molecular complexity index is 519. The molecule has 4 heteroatoms. The maximum Gasteiger partial charge on any atom is 0.254 e. The van der Waals surface area contributed by atoms with Crippen molar-refractivity contribution in [3.8, 4) is 0 Å². The van der Waals surface area contributed by atoms with E-state index >= 15 is 0 Å². The van der Waals surface area contributed by atoms with E-state index in [-0.39, 0.29) is 5.91 Å². The fourth-order valence-corrected chi connectivity index (χ4v) is 3.21. The monoisotopic (exact) mass is 277 g/mol. The lowest BCUT2D eigenvalue weighted by Gasteiger charge is -2.47. The maximum atomic E-state index is 12.5. The summed E-state index contributed by atoms with van der Waals surface area (Å²) in [6, 6.07) is 5.98. The third-order valence-corrected chi connectivity index (χ3v) is 4.95. The minimum absolute atomic E-state index is 0.0544. The lowest BCUT2D eigenvalue weighted by Crippen LogP contribution is -2.64. The quantitative estimate of drug-likeness (QED) is 0.862. The smallest absolute Gasteiger partial charge is 0.254 e. The molecule has 1 N–H and O–H groups in total. The van der Waals surface area contributed by atoms with E-state index in [1.54, 1.807) is 16.7 Å². The Labute approximate surface area is 118 Å². The lowest BCUT2D eigenvalue weighted by atomic mass is 9.88. The first kappa shape index (κ1) is 13.0. The van der Waals surface area contributed by atoms with E-state index in [4.69, 9.17) is 0 Å². The second-order valence-corrected chi connectivity index (χ2v) is 6.60. The molecule has 1 saturated heterocycles. The standard InChI is InChI=1S/C15H19NO2S/c1-10-3-6-12(19-2)7-13(10)14(17)16-8-15(18,9-16)11-4-5-11/h3,6-7,11,18H,4-5,8-9H2,1-2H3. The van der Waals surface area contributed by atoms with Crippen molar-refractivity contribution in [2.24, 2.45) is 5.92 Å². The number of nitrogens with zero attached hydrogens (tertiary/aromatic N) is 1. The van der Waals surface area contributed by atoms with Crippen molar-refractivity contribution in [2.75, 3.05) is 19.3 Å². The molecule has 0 aromatic heterocycles. The van der Waals surface area contributed by atoms with E-state index in [0.717, 1.165) is 28.9 Å². The molecule has 1 aliphatic heterocycles. The van der Waals surface area contributed by atoms with Crippen LogP contribution in [-0.4, -0.2) is 40.9 Å².